The molecule has 0 aliphatic rings. The fourth-order valence-electron chi connectivity index (χ4n) is 4.48. The van der Waals surface area contributed by atoms with Crippen molar-refractivity contribution in [2.24, 2.45) is 5.73 Å². The molecule has 19 nitrogen and oxygen atoms in total. The van der Waals surface area contributed by atoms with Gasteiger partial charge in [0.1, 0.15) is 40.5 Å². The molecular formula is C25H19N7Na4O12S4. The summed E-state index contributed by atoms with van der Waals surface area (Å²) in [5.74, 6) is -0.340. The predicted octanol–water partition coefficient (Wildman–Crippen LogP) is -11.3. The first kappa shape index (κ1) is 49.4. The standard InChI is InChI=1S/C25H23N7O12S4.4Na/c26-5-6-27-23-30-24(28-15-1-3-19-13(7-15)9-17(45(33,34)35)11-21(19)47(39,40)41)32-25(31-23)29-16-2-4-20-14(8-16)10-18(46(36,37)38)12-22(20)48(42,43)44;;;;/h1-4,7-12H,5-6,26H2,(H,33,34,35)(H,36,37,38)(H,39,40,41)(H,42,43,44)(H3,27,28,29,30,31,32);;;;/q;4*+1/p-4. The Morgan fingerprint density at radius 2 is 0.885 bits per heavy atom. The molecule has 27 heteroatoms. The zero-order chi connectivity index (χ0) is 35.2. The molecule has 1 heterocycles. The molecule has 0 aliphatic carbocycles. The molecule has 52 heavy (non-hydrogen) atoms. The molecule has 5 aromatic rings. The summed E-state index contributed by atoms with van der Waals surface area (Å²) in [6.45, 7) is 0.366. The molecule has 0 aliphatic heterocycles. The first-order valence-electron chi connectivity index (χ1n) is 13.0. The van der Waals surface area contributed by atoms with Crippen LogP contribution >= 0.6 is 0 Å². The summed E-state index contributed by atoms with van der Waals surface area (Å²) < 4.78 is 141. The van der Waals surface area contributed by atoms with Crippen LogP contribution in [0.2, 0.25) is 0 Å². The predicted molar refractivity (Wildman–Crippen MR) is 164 cm³/mol. The van der Waals surface area contributed by atoms with Gasteiger partial charge in [-0.25, -0.2) is 33.7 Å². The van der Waals surface area contributed by atoms with Gasteiger partial charge in [-0.3, -0.25) is 0 Å². The van der Waals surface area contributed by atoms with Crippen LogP contribution < -0.4 is 140 Å². The molecule has 0 atom stereocenters. The van der Waals surface area contributed by atoms with Gasteiger partial charge in [0.2, 0.25) is 17.8 Å². The molecule has 0 bridgehead atoms. The van der Waals surface area contributed by atoms with E-state index in [0.29, 0.717) is 12.1 Å². The maximum absolute atomic E-state index is 11.8. The van der Waals surface area contributed by atoms with E-state index in [1.807, 2.05) is 0 Å². The van der Waals surface area contributed by atoms with E-state index in [4.69, 9.17) is 5.73 Å². The molecule has 0 saturated carbocycles. The van der Waals surface area contributed by atoms with Gasteiger partial charge in [-0.2, -0.15) is 15.0 Å². The van der Waals surface area contributed by atoms with E-state index >= 15 is 0 Å². The SMILES string of the molecule is NCCNc1nc(Nc2ccc3c(S(=O)(=O)[O-])cc(S(=O)(=O)[O-])cc3c2)nc(Nc2ccc3c(S(=O)(=O)[O-])cc(S(=O)(=O)[O-])cc3c2)n1.[Na+].[Na+].[Na+].[Na+]. The van der Waals surface area contributed by atoms with Gasteiger partial charge in [0.05, 0.1) is 19.6 Å². The molecule has 254 valence electrons. The average Bonchev–Trinajstić information content (AvgIpc) is 2.96. The van der Waals surface area contributed by atoms with Crippen LogP contribution in [0, 0.1) is 0 Å². The monoisotopic (exact) mass is 829 g/mol. The van der Waals surface area contributed by atoms with E-state index in [9.17, 15) is 51.9 Å². The number of rotatable bonds is 11. The van der Waals surface area contributed by atoms with Gasteiger partial charge in [-0.1, -0.05) is 12.1 Å². The molecule has 5 N–H and O–H groups in total. The molecule has 0 amide bonds. The normalized spacial score (nSPS) is 11.7. The Labute approximate surface area is 385 Å². The van der Waals surface area contributed by atoms with Crippen LogP contribution in [0.5, 0.6) is 0 Å². The van der Waals surface area contributed by atoms with Gasteiger partial charge >= 0.3 is 118 Å². The van der Waals surface area contributed by atoms with E-state index in [0.717, 1.165) is 12.1 Å². The van der Waals surface area contributed by atoms with Gasteiger partial charge in [0.25, 0.3) is 0 Å². The number of nitrogens with one attached hydrogen (secondary N) is 3. The van der Waals surface area contributed by atoms with Crippen LogP contribution in [0.15, 0.2) is 80.2 Å². The number of fused-ring (bicyclic) bond motifs is 2. The van der Waals surface area contributed by atoms with E-state index in [2.05, 4.69) is 30.9 Å². The Kier molecular flexibility index (Phi) is 18.1. The smallest absolute Gasteiger partial charge is 0.744 e. The van der Waals surface area contributed by atoms with E-state index in [1.54, 1.807) is 0 Å². The maximum Gasteiger partial charge on any atom is 1.00 e. The Balaban J connectivity index is 0.00000338. The molecule has 1 aromatic heterocycles. The van der Waals surface area contributed by atoms with E-state index in [1.165, 1.54) is 36.4 Å². The second-order valence-electron chi connectivity index (χ2n) is 9.80. The van der Waals surface area contributed by atoms with Crippen LogP contribution in [-0.4, -0.2) is 79.9 Å². The minimum absolute atomic E-state index is 0. The van der Waals surface area contributed by atoms with Gasteiger partial charge < -0.3 is 39.9 Å². The molecule has 5 rings (SSSR count). The number of benzene rings is 4. The summed E-state index contributed by atoms with van der Waals surface area (Å²) in [5, 5.41) is 7.90. The van der Waals surface area contributed by atoms with Crippen LogP contribution in [0.3, 0.4) is 0 Å². The third kappa shape index (κ3) is 12.2. The Bertz CT molecular complexity index is 2410. The third-order valence-electron chi connectivity index (χ3n) is 6.47. The number of hydrogen-bond acceptors (Lipinski definition) is 19. The second kappa shape index (κ2) is 19.0. The Morgan fingerprint density at radius 1 is 0.519 bits per heavy atom. The van der Waals surface area contributed by atoms with Crippen molar-refractivity contribution in [1.82, 2.24) is 15.0 Å². The van der Waals surface area contributed by atoms with Gasteiger partial charge in [-0.15, -0.1) is 0 Å². The summed E-state index contributed by atoms with van der Waals surface area (Å²) in [4.78, 5) is 8.87. The van der Waals surface area contributed by atoms with Crippen LogP contribution in [0.1, 0.15) is 0 Å². The number of hydrogen-bond donors (Lipinski definition) is 4. The minimum Gasteiger partial charge on any atom is -0.744 e. The van der Waals surface area contributed by atoms with Crippen molar-refractivity contribution < 1.29 is 170 Å². The zero-order valence-electron chi connectivity index (χ0n) is 27.6. The average molecular weight is 830 g/mol. The fraction of sp³-hybridized carbons (Fsp3) is 0.0800. The van der Waals surface area contributed by atoms with Crippen LogP contribution in [0.4, 0.5) is 29.2 Å². The maximum atomic E-state index is 11.8. The molecule has 0 spiro atoms. The summed E-state index contributed by atoms with van der Waals surface area (Å²) >= 11 is 0. The van der Waals surface area contributed by atoms with Crippen LogP contribution in [0.25, 0.3) is 21.5 Å². The van der Waals surface area contributed by atoms with Crippen molar-refractivity contribution in [1.29, 1.82) is 0 Å². The number of nitrogens with two attached hydrogens (primary N) is 1. The number of nitrogens with zero attached hydrogens (tertiary/aromatic N) is 3. The largest absolute Gasteiger partial charge is 1.00 e. The summed E-state index contributed by atoms with van der Waals surface area (Å²) in [6, 6.07) is 10.2. The molecule has 4 aromatic carbocycles. The molecule has 0 fully saturated rings. The van der Waals surface area contributed by atoms with E-state index < -0.39 is 60.1 Å². The summed E-state index contributed by atoms with van der Waals surface area (Å²) in [6.07, 6.45) is 0. The molecule has 0 unspecified atom stereocenters. The van der Waals surface area contributed by atoms with Crippen molar-refractivity contribution in [2.45, 2.75) is 19.6 Å². The molecule has 0 radical (unpaired) electrons. The Hall–Kier alpha value is -0.590. The van der Waals surface area contributed by atoms with Crippen molar-refractivity contribution >= 4 is 91.2 Å². The van der Waals surface area contributed by atoms with Gasteiger partial charge in [0.15, 0.2) is 0 Å². The summed E-state index contributed by atoms with van der Waals surface area (Å²) in [7, 11) is -20.7. The van der Waals surface area contributed by atoms with Crippen molar-refractivity contribution in [2.75, 3.05) is 29.0 Å². The van der Waals surface area contributed by atoms with Gasteiger partial charge in [-0.05, 0) is 70.1 Å². The number of anilines is 5. The third-order valence-corrected chi connectivity index (χ3v) is 9.85. The topological polar surface area (TPSA) is 330 Å². The quantitative estimate of drug-likeness (QED) is 0.0709. The van der Waals surface area contributed by atoms with Crippen molar-refractivity contribution in [3.63, 3.8) is 0 Å². The van der Waals surface area contributed by atoms with E-state index in [-0.39, 0.29) is 182 Å². The van der Waals surface area contributed by atoms with Gasteiger partial charge in [0, 0.05) is 24.5 Å². The summed E-state index contributed by atoms with van der Waals surface area (Å²) in [5.41, 5.74) is 5.83. The first-order chi connectivity index (χ1) is 22.2. The second-order valence-corrected chi connectivity index (χ2v) is 15.3. The molecule has 0 saturated heterocycles. The number of aromatic nitrogens is 3. The Morgan fingerprint density at radius 3 is 1.21 bits per heavy atom. The van der Waals surface area contributed by atoms with Crippen molar-refractivity contribution in [3.8, 4) is 0 Å². The molecular weight excluding hydrogens is 811 g/mol. The van der Waals surface area contributed by atoms with Crippen LogP contribution in [-0.2, 0) is 40.5 Å². The van der Waals surface area contributed by atoms with Crippen molar-refractivity contribution in [3.05, 3.63) is 60.7 Å². The fourth-order valence-corrected chi connectivity index (χ4v) is 7.15. The zero-order valence-corrected chi connectivity index (χ0v) is 38.9. The minimum atomic E-state index is -5.19. The first-order valence-corrected chi connectivity index (χ1v) is 18.6.